The zero-order chi connectivity index (χ0) is 23.1. The Morgan fingerprint density at radius 1 is 1.06 bits per heavy atom. The molecule has 1 aliphatic rings. The molecule has 2 heterocycles. The van der Waals surface area contributed by atoms with Crippen LogP contribution in [0.3, 0.4) is 0 Å². The first kappa shape index (κ1) is 22.1. The minimum Gasteiger partial charge on any atom is -0.405 e. The van der Waals surface area contributed by atoms with Crippen LogP contribution >= 0.6 is 0 Å². The third kappa shape index (κ3) is 4.56. The van der Waals surface area contributed by atoms with Gasteiger partial charge in [0.15, 0.2) is 0 Å². The summed E-state index contributed by atoms with van der Waals surface area (Å²) < 4.78 is 83.1. The molecule has 1 fully saturated rings. The summed E-state index contributed by atoms with van der Waals surface area (Å²) in [6.07, 6.45) is -4.98. The Labute approximate surface area is 177 Å². The predicted molar refractivity (Wildman–Crippen MR) is 99.8 cm³/mol. The maximum atomic E-state index is 13.0. The van der Waals surface area contributed by atoms with Gasteiger partial charge in [-0.3, -0.25) is 4.40 Å². The van der Waals surface area contributed by atoms with E-state index in [2.05, 4.69) is 25.2 Å². The summed E-state index contributed by atoms with van der Waals surface area (Å²) in [5, 5.41) is 21.2. The van der Waals surface area contributed by atoms with Gasteiger partial charge < -0.3 is 15.2 Å². The number of hydrogen-bond acceptors (Lipinski definition) is 6. The summed E-state index contributed by atoms with van der Waals surface area (Å²) in [6, 6.07) is 1.45. The summed E-state index contributed by atoms with van der Waals surface area (Å²) in [6.45, 7) is 0. The van der Waals surface area contributed by atoms with Gasteiger partial charge in [0.1, 0.15) is 17.8 Å². The highest BCUT2D eigenvalue weighted by Gasteiger charge is 2.36. The first-order chi connectivity index (χ1) is 15.0. The fourth-order valence-electron chi connectivity index (χ4n) is 3.67. The lowest BCUT2D eigenvalue weighted by Gasteiger charge is -2.28. The van der Waals surface area contributed by atoms with Gasteiger partial charge in [-0.25, -0.2) is 4.98 Å². The zero-order valence-electron chi connectivity index (χ0n) is 16.3. The number of anilines is 1. The lowest BCUT2D eigenvalue weighted by atomic mass is 9.93. The number of aliphatic hydroxyl groups is 1. The maximum Gasteiger partial charge on any atom is 0.573 e. The molecule has 1 saturated carbocycles. The molecule has 0 radical (unpaired) electrons. The van der Waals surface area contributed by atoms with Crippen LogP contribution in [-0.4, -0.2) is 43.2 Å². The average molecular weight is 461 g/mol. The van der Waals surface area contributed by atoms with Crippen molar-refractivity contribution in [2.24, 2.45) is 0 Å². The minimum absolute atomic E-state index is 0.148. The second kappa shape index (κ2) is 8.11. The number of benzene rings is 1. The number of nitrogens with one attached hydrogen (secondary N) is 1. The average Bonchev–Trinajstić information content (AvgIpc) is 3.19. The van der Waals surface area contributed by atoms with Crippen molar-refractivity contribution in [2.45, 2.75) is 50.4 Å². The van der Waals surface area contributed by atoms with Gasteiger partial charge in [-0.2, -0.15) is 13.2 Å². The number of rotatable bonds is 4. The second-order valence-corrected chi connectivity index (χ2v) is 7.38. The Bertz CT molecular complexity index is 1110. The number of alkyl halides is 6. The molecule has 32 heavy (non-hydrogen) atoms. The van der Waals surface area contributed by atoms with Crippen LogP contribution in [0.1, 0.15) is 31.2 Å². The van der Waals surface area contributed by atoms with Gasteiger partial charge in [0.05, 0.1) is 29.4 Å². The zero-order valence-corrected chi connectivity index (χ0v) is 16.3. The maximum absolute atomic E-state index is 13.0. The predicted octanol–water partition coefficient (Wildman–Crippen LogP) is 4.42. The van der Waals surface area contributed by atoms with Gasteiger partial charge in [-0.15, -0.1) is 23.4 Å². The van der Waals surface area contributed by atoms with Gasteiger partial charge >= 0.3 is 12.5 Å². The highest BCUT2D eigenvalue weighted by atomic mass is 19.4. The van der Waals surface area contributed by atoms with Crippen LogP contribution in [0.25, 0.3) is 16.8 Å². The Morgan fingerprint density at radius 3 is 2.50 bits per heavy atom. The van der Waals surface area contributed by atoms with Crippen LogP contribution in [0.2, 0.25) is 0 Å². The van der Waals surface area contributed by atoms with Crippen molar-refractivity contribution in [3.8, 4) is 17.0 Å². The molecule has 1 aromatic carbocycles. The molecule has 0 saturated heterocycles. The third-order valence-corrected chi connectivity index (χ3v) is 5.19. The van der Waals surface area contributed by atoms with Crippen LogP contribution < -0.4 is 10.1 Å². The standard InChI is InChI=1S/C19H17F6N5O2/c20-18(21,22)10-5-6-11(15(7-10)32-19(23,24)25)16-13-8-26-9-30(13)17(29-28-16)27-12-3-1-2-4-14(12)31/h5-9,12,14,31H,1-4H2,(H,27,29)/t12?,14-/m0/s1. The highest BCUT2D eigenvalue weighted by molar-refractivity contribution is 5.81. The summed E-state index contributed by atoms with van der Waals surface area (Å²) in [5.74, 6) is -0.870. The number of halogens is 6. The van der Waals surface area contributed by atoms with Crippen LogP contribution in [0.15, 0.2) is 30.7 Å². The van der Waals surface area contributed by atoms with E-state index in [-0.39, 0.29) is 34.8 Å². The minimum atomic E-state index is -5.22. The van der Waals surface area contributed by atoms with E-state index in [1.54, 1.807) is 0 Å². The molecule has 13 heteroatoms. The van der Waals surface area contributed by atoms with Crippen molar-refractivity contribution >= 4 is 11.5 Å². The van der Waals surface area contributed by atoms with E-state index >= 15 is 0 Å². The van der Waals surface area contributed by atoms with E-state index in [4.69, 9.17) is 0 Å². The van der Waals surface area contributed by atoms with E-state index in [1.807, 2.05) is 0 Å². The number of ether oxygens (including phenoxy) is 1. The summed E-state index contributed by atoms with van der Waals surface area (Å²) in [5.41, 5.74) is -1.59. The number of aliphatic hydroxyl groups excluding tert-OH is 1. The fraction of sp³-hybridized carbons (Fsp3) is 0.421. The molecule has 0 bridgehead atoms. The Balaban J connectivity index is 1.77. The van der Waals surface area contributed by atoms with E-state index in [9.17, 15) is 31.4 Å². The Hall–Kier alpha value is -3.09. The quantitative estimate of drug-likeness (QED) is 0.560. The number of fused-ring (bicyclic) bond motifs is 1. The van der Waals surface area contributed by atoms with E-state index < -0.39 is 30.0 Å². The first-order valence-corrected chi connectivity index (χ1v) is 9.63. The molecular formula is C19H17F6N5O2. The summed E-state index contributed by atoms with van der Waals surface area (Å²) in [7, 11) is 0. The molecule has 0 aliphatic heterocycles. The van der Waals surface area contributed by atoms with Crippen LogP contribution in [0, 0.1) is 0 Å². The van der Waals surface area contributed by atoms with Crippen molar-refractivity contribution in [2.75, 3.05) is 5.32 Å². The molecule has 7 nitrogen and oxygen atoms in total. The fourth-order valence-corrected chi connectivity index (χ4v) is 3.67. The lowest BCUT2D eigenvalue weighted by molar-refractivity contribution is -0.274. The number of imidazole rings is 1. The Morgan fingerprint density at radius 2 is 1.81 bits per heavy atom. The molecule has 3 aromatic rings. The van der Waals surface area contributed by atoms with Crippen LogP contribution in [0.5, 0.6) is 5.75 Å². The van der Waals surface area contributed by atoms with Gasteiger partial charge in [0, 0.05) is 5.56 Å². The van der Waals surface area contributed by atoms with Crippen LogP contribution in [0.4, 0.5) is 32.3 Å². The number of aromatic nitrogens is 4. The molecule has 0 spiro atoms. The van der Waals surface area contributed by atoms with Crippen molar-refractivity contribution < 1.29 is 36.2 Å². The number of hydrogen-bond donors (Lipinski definition) is 2. The van der Waals surface area contributed by atoms with Crippen molar-refractivity contribution in [1.29, 1.82) is 0 Å². The molecule has 2 atom stereocenters. The van der Waals surface area contributed by atoms with Gasteiger partial charge in [-0.05, 0) is 31.0 Å². The van der Waals surface area contributed by atoms with Crippen molar-refractivity contribution in [3.63, 3.8) is 0 Å². The molecule has 0 amide bonds. The lowest BCUT2D eigenvalue weighted by Crippen LogP contribution is -2.37. The summed E-state index contributed by atoms with van der Waals surface area (Å²) >= 11 is 0. The molecule has 2 aromatic heterocycles. The molecule has 4 rings (SSSR count). The van der Waals surface area contributed by atoms with Crippen molar-refractivity contribution in [3.05, 3.63) is 36.3 Å². The SMILES string of the molecule is O[C@H]1CCCCC1Nc1nnc(-c2ccc(C(F)(F)F)cc2OC(F)(F)F)c2cncn12. The van der Waals surface area contributed by atoms with Crippen molar-refractivity contribution in [1.82, 2.24) is 19.6 Å². The topological polar surface area (TPSA) is 84.6 Å². The van der Waals surface area contributed by atoms with E-state index in [0.717, 1.165) is 18.9 Å². The summed E-state index contributed by atoms with van der Waals surface area (Å²) in [4.78, 5) is 3.96. The molecular weight excluding hydrogens is 444 g/mol. The third-order valence-electron chi connectivity index (χ3n) is 5.19. The largest absolute Gasteiger partial charge is 0.573 e. The van der Waals surface area contributed by atoms with Gasteiger partial charge in [0.25, 0.3) is 0 Å². The number of nitrogens with zero attached hydrogens (tertiary/aromatic N) is 4. The van der Waals surface area contributed by atoms with Crippen LogP contribution in [-0.2, 0) is 6.18 Å². The molecule has 172 valence electrons. The van der Waals surface area contributed by atoms with E-state index in [0.29, 0.717) is 18.9 Å². The molecule has 1 unspecified atom stereocenters. The molecule has 1 aliphatic carbocycles. The smallest absolute Gasteiger partial charge is 0.405 e. The highest BCUT2D eigenvalue weighted by Crippen LogP contribution is 2.40. The first-order valence-electron chi connectivity index (χ1n) is 9.63. The molecule has 2 N–H and O–H groups in total. The second-order valence-electron chi connectivity index (χ2n) is 7.38. The normalized spacial score (nSPS) is 19.8. The van der Waals surface area contributed by atoms with Gasteiger partial charge in [0.2, 0.25) is 5.95 Å². The van der Waals surface area contributed by atoms with Gasteiger partial charge in [-0.1, -0.05) is 12.8 Å². The van der Waals surface area contributed by atoms with E-state index in [1.165, 1.54) is 16.9 Å². The Kier molecular flexibility index (Phi) is 5.61. The monoisotopic (exact) mass is 461 g/mol.